The van der Waals surface area contributed by atoms with Crippen LogP contribution in [0.3, 0.4) is 0 Å². The Labute approximate surface area is 43.9 Å². The molecule has 0 fully saturated rings. The summed E-state index contributed by atoms with van der Waals surface area (Å²) >= 11 is 0. The van der Waals surface area contributed by atoms with Gasteiger partial charge in [-0.25, -0.2) is 0 Å². The van der Waals surface area contributed by atoms with E-state index in [-0.39, 0.29) is 0 Å². The van der Waals surface area contributed by atoms with Crippen LogP contribution in [0.2, 0.25) is 0 Å². The zero-order chi connectivity index (χ0) is 5.54. The highest BCUT2D eigenvalue weighted by Crippen LogP contribution is 1.85. The number of hydrogen-bond donors (Lipinski definition) is 1. The molecule has 0 aromatic carbocycles. The molecule has 0 atom stereocenters. The monoisotopic (exact) mass is 101 g/mol. The quantitative estimate of drug-likeness (QED) is 0.428. The van der Waals surface area contributed by atoms with E-state index < -0.39 is 0 Å². The molecule has 0 heterocycles. The minimum atomic E-state index is 1.04. The van der Waals surface area contributed by atoms with Crippen molar-refractivity contribution in [1.29, 1.82) is 0 Å². The maximum Gasteiger partial charge on any atom is 0.106 e. The summed E-state index contributed by atoms with van der Waals surface area (Å²) in [6.07, 6.45) is 5.56. The van der Waals surface area contributed by atoms with E-state index >= 15 is 0 Å². The summed E-state index contributed by atoms with van der Waals surface area (Å²) in [6, 6.07) is 0. The highest BCUT2D eigenvalue weighted by Gasteiger charge is 1.68. The van der Waals surface area contributed by atoms with Gasteiger partial charge < -0.3 is 4.84 Å². The van der Waals surface area contributed by atoms with Crippen LogP contribution < -0.4 is 5.90 Å². The van der Waals surface area contributed by atoms with Crippen molar-refractivity contribution in [3.63, 3.8) is 0 Å². The van der Waals surface area contributed by atoms with E-state index in [4.69, 9.17) is 0 Å². The molecule has 0 aliphatic heterocycles. The Hall–Kier alpha value is -0.500. The average molecular weight is 101 g/mol. The van der Waals surface area contributed by atoms with Crippen LogP contribution in [0.25, 0.3) is 0 Å². The number of nitrogens with two attached hydrogens (primary N) is 1. The minimum absolute atomic E-state index is 1.04. The Bertz CT molecular complexity index is 52.0. The lowest BCUT2D eigenvalue weighted by molar-refractivity contribution is 0.260. The maximum absolute atomic E-state index is 4.68. The van der Waals surface area contributed by atoms with Gasteiger partial charge in [0, 0.05) is 0 Å². The first-order valence-corrected chi connectivity index (χ1v) is 2.42. The van der Waals surface area contributed by atoms with Crippen LogP contribution in [0.4, 0.5) is 0 Å². The molecule has 0 aromatic rings. The van der Waals surface area contributed by atoms with Crippen molar-refractivity contribution in [2.75, 3.05) is 0 Å². The lowest BCUT2D eigenvalue weighted by Crippen LogP contribution is -1.86. The fourth-order valence-electron chi connectivity index (χ4n) is 0.290. The summed E-state index contributed by atoms with van der Waals surface area (Å²) in [4.78, 5) is 4.16. The third-order valence-electron chi connectivity index (χ3n) is 0.630. The van der Waals surface area contributed by atoms with Crippen LogP contribution >= 0.6 is 0 Å². The van der Waals surface area contributed by atoms with Crippen molar-refractivity contribution in [2.24, 2.45) is 5.90 Å². The molecule has 2 heteroatoms. The molecule has 0 saturated heterocycles. The normalized spacial score (nSPS) is 10.0. The average Bonchev–Trinajstić information content (AvgIpc) is 1.69. The number of allylic oxidation sites excluding steroid dienone is 1. The van der Waals surface area contributed by atoms with Gasteiger partial charge in [-0.15, -0.1) is 0 Å². The third-order valence-corrected chi connectivity index (χ3v) is 0.630. The van der Waals surface area contributed by atoms with Gasteiger partial charge >= 0.3 is 0 Å². The van der Waals surface area contributed by atoms with Crippen LogP contribution in [0, 0.1) is 0 Å². The molecule has 2 nitrogen and oxygen atoms in total. The lowest BCUT2D eigenvalue weighted by atomic mass is 10.3. The molecule has 0 aliphatic rings. The molecule has 0 saturated carbocycles. The van der Waals surface area contributed by atoms with Gasteiger partial charge in [0.05, 0.1) is 0 Å². The van der Waals surface area contributed by atoms with Crippen LogP contribution in [0.5, 0.6) is 0 Å². The van der Waals surface area contributed by atoms with E-state index in [9.17, 15) is 0 Å². The molecular formula is C5H11NO. The minimum Gasteiger partial charge on any atom is -0.420 e. The van der Waals surface area contributed by atoms with Gasteiger partial charge in [-0.05, 0) is 12.5 Å². The Morgan fingerprint density at radius 2 is 2.43 bits per heavy atom. The summed E-state index contributed by atoms with van der Waals surface area (Å²) in [6.45, 7) is 2.10. The van der Waals surface area contributed by atoms with E-state index in [0.29, 0.717) is 0 Å². The van der Waals surface area contributed by atoms with Crippen molar-refractivity contribution in [3.8, 4) is 0 Å². The van der Waals surface area contributed by atoms with Gasteiger partial charge in [-0.1, -0.05) is 13.3 Å². The standard InChI is InChI=1S/C5H11NO/c1-2-3-4-5-7-6/h4-5H,2-3,6H2,1H3. The fourth-order valence-corrected chi connectivity index (χ4v) is 0.290. The highest BCUT2D eigenvalue weighted by atomic mass is 16.6. The Balaban J connectivity index is 2.78. The second-order valence-corrected chi connectivity index (χ2v) is 1.30. The molecule has 0 radical (unpaired) electrons. The molecule has 0 amide bonds. The Morgan fingerprint density at radius 1 is 1.71 bits per heavy atom. The largest absolute Gasteiger partial charge is 0.420 e. The van der Waals surface area contributed by atoms with E-state index in [0.717, 1.165) is 12.8 Å². The molecule has 42 valence electrons. The third kappa shape index (κ3) is 5.50. The topological polar surface area (TPSA) is 35.2 Å². The van der Waals surface area contributed by atoms with Gasteiger partial charge in [0.15, 0.2) is 0 Å². The van der Waals surface area contributed by atoms with Crippen LogP contribution in [0.15, 0.2) is 12.3 Å². The number of hydrogen-bond acceptors (Lipinski definition) is 2. The molecule has 7 heavy (non-hydrogen) atoms. The predicted molar refractivity (Wildman–Crippen MR) is 29.3 cm³/mol. The van der Waals surface area contributed by atoms with Crippen molar-refractivity contribution in [1.82, 2.24) is 0 Å². The van der Waals surface area contributed by atoms with Crippen molar-refractivity contribution < 1.29 is 4.84 Å². The second kappa shape index (κ2) is 5.50. The smallest absolute Gasteiger partial charge is 0.106 e. The summed E-state index contributed by atoms with van der Waals surface area (Å²) in [5, 5.41) is 0. The van der Waals surface area contributed by atoms with E-state index in [1.165, 1.54) is 6.26 Å². The molecule has 2 N–H and O–H groups in total. The van der Waals surface area contributed by atoms with E-state index in [2.05, 4.69) is 17.7 Å². The van der Waals surface area contributed by atoms with Gasteiger partial charge in [-0.3, -0.25) is 0 Å². The lowest BCUT2D eigenvalue weighted by Gasteiger charge is -1.82. The zero-order valence-electron chi connectivity index (χ0n) is 4.55. The second-order valence-electron chi connectivity index (χ2n) is 1.30. The highest BCUT2D eigenvalue weighted by molar-refractivity contribution is 4.70. The molecule has 0 spiro atoms. The van der Waals surface area contributed by atoms with Crippen LogP contribution in [0.1, 0.15) is 19.8 Å². The summed E-state index contributed by atoms with van der Waals surface area (Å²) in [5.41, 5.74) is 0. The van der Waals surface area contributed by atoms with E-state index in [1.807, 2.05) is 6.08 Å². The van der Waals surface area contributed by atoms with Crippen molar-refractivity contribution >= 4 is 0 Å². The molecule has 0 bridgehead atoms. The number of rotatable bonds is 3. The van der Waals surface area contributed by atoms with Gasteiger partial charge in [0.1, 0.15) is 6.26 Å². The molecule has 0 rings (SSSR count). The van der Waals surface area contributed by atoms with Gasteiger partial charge in [-0.2, -0.15) is 5.90 Å². The number of unbranched alkanes of at least 4 members (excludes halogenated alkanes) is 1. The zero-order valence-corrected chi connectivity index (χ0v) is 4.55. The molecular weight excluding hydrogens is 90.1 g/mol. The first-order valence-electron chi connectivity index (χ1n) is 2.42. The van der Waals surface area contributed by atoms with Crippen LogP contribution in [-0.2, 0) is 4.84 Å². The van der Waals surface area contributed by atoms with E-state index in [1.54, 1.807) is 0 Å². The molecule has 0 aliphatic carbocycles. The van der Waals surface area contributed by atoms with Crippen molar-refractivity contribution in [3.05, 3.63) is 12.3 Å². The van der Waals surface area contributed by atoms with Gasteiger partial charge in [0.2, 0.25) is 0 Å². The summed E-state index contributed by atoms with van der Waals surface area (Å²) < 4.78 is 0. The Morgan fingerprint density at radius 3 is 2.86 bits per heavy atom. The first-order chi connectivity index (χ1) is 3.41. The van der Waals surface area contributed by atoms with Crippen molar-refractivity contribution in [2.45, 2.75) is 19.8 Å². The van der Waals surface area contributed by atoms with Crippen LogP contribution in [-0.4, -0.2) is 0 Å². The predicted octanol–water partition coefficient (Wildman–Crippen LogP) is 1.19. The van der Waals surface area contributed by atoms with Gasteiger partial charge in [0.25, 0.3) is 0 Å². The first kappa shape index (κ1) is 6.50. The SMILES string of the molecule is CCCC=CON. The summed E-state index contributed by atoms with van der Waals surface area (Å²) in [7, 11) is 0. The fraction of sp³-hybridized carbons (Fsp3) is 0.600. The molecule has 0 aromatic heterocycles. The summed E-state index contributed by atoms with van der Waals surface area (Å²) in [5.74, 6) is 4.68. The molecule has 0 unspecified atom stereocenters. The maximum atomic E-state index is 4.68. The Kier molecular flexibility index (Phi) is 5.11.